The fourth-order valence-corrected chi connectivity index (χ4v) is 4.92. The molecule has 6 heteroatoms. The van der Waals surface area contributed by atoms with E-state index in [4.69, 9.17) is 14.5 Å². The number of aliphatic hydroxyl groups is 1. The molecule has 0 amide bonds. The minimum absolute atomic E-state index is 0.288. The number of benzene rings is 2. The van der Waals surface area contributed by atoms with Gasteiger partial charge in [-0.05, 0) is 62.7 Å². The van der Waals surface area contributed by atoms with Crippen LogP contribution in [0.2, 0.25) is 0 Å². The zero-order chi connectivity index (χ0) is 20.1. The molecule has 1 aliphatic heterocycles. The number of thiazole rings is 1. The predicted molar refractivity (Wildman–Crippen MR) is 117 cm³/mol. The molecule has 0 bridgehead atoms. The minimum Gasteiger partial charge on any atom is -0.494 e. The summed E-state index contributed by atoms with van der Waals surface area (Å²) in [6, 6.07) is 15.9. The number of likely N-dealkylation sites (tertiary alicyclic amines) is 1. The molecule has 5 nitrogen and oxygen atoms in total. The van der Waals surface area contributed by atoms with E-state index in [1.165, 1.54) is 9.71 Å². The minimum atomic E-state index is -0.518. The molecule has 4 rings (SSSR count). The summed E-state index contributed by atoms with van der Waals surface area (Å²) in [5.74, 6) is 2.02. The molecule has 0 radical (unpaired) electrons. The predicted octanol–water partition coefficient (Wildman–Crippen LogP) is 4.31. The molecule has 1 aromatic heterocycles. The second-order valence-electron chi connectivity index (χ2n) is 7.49. The molecular weight excluding hydrogens is 384 g/mol. The Morgan fingerprint density at radius 3 is 2.66 bits per heavy atom. The van der Waals surface area contributed by atoms with Gasteiger partial charge in [-0.1, -0.05) is 12.1 Å². The summed E-state index contributed by atoms with van der Waals surface area (Å²) in [5.41, 5.74) is 1.09. The van der Waals surface area contributed by atoms with Gasteiger partial charge in [-0.3, -0.25) is 4.90 Å². The first-order valence-corrected chi connectivity index (χ1v) is 11.1. The van der Waals surface area contributed by atoms with Crippen molar-refractivity contribution >= 4 is 21.6 Å². The highest BCUT2D eigenvalue weighted by molar-refractivity contribution is 7.18. The van der Waals surface area contributed by atoms with E-state index in [1.54, 1.807) is 11.3 Å². The number of ether oxygens (including phenoxy) is 2. The van der Waals surface area contributed by atoms with Crippen LogP contribution in [0, 0.1) is 0 Å². The number of hydrogen-bond acceptors (Lipinski definition) is 6. The molecule has 1 saturated heterocycles. The van der Waals surface area contributed by atoms with Gasteiger partial charge in [-0.2, -0.15) is 0 Å². The Hall–Kier alpha value is -2.15. The van der Waals surface area contributed by atoms with Crippen molar-refractivity contribution in [2.45, 2.75) is 31.8 Å². The second kappa shape index (κ2) is 9.57. The summed E-state index contributed by atoms with van der Waals surface area (Å²) < 4.78 is 12.4. The highest BCUT2D eigenvalue weighted by Gasteiger charge is 2.25. The van der Waals surface area contributed by atoms with Crippen molar-refractivity contribution in [2.24, 2.45) is 0 Å². The lowest BCUT2D eigenvalue weighted by atomic mass is 9.98. The number of piperidine rings is 1. The molecule has 2 atom stereocenters. The lowest BCUT2D eigenvalue weighted by Crippen LogP contribution is -2.41. The zero-order valence-electron chi connectivity index (χ0n) is 16.8. The first-order chi connectivity index (χ1) is 14.2. The topological polar surface area (TPSA) is 54.8 Å². The molecule has 1 fully saturated rings. The van der Waals surface area contributed by atoms with E-state index in [1.807, 2.05) is 37.3 Å². The van der Waals surface area contributed by atoms with Gasteiger partial charge in [-0.25, -0.2) is 4.98 Å². The Kier molecular flexibility index (Phi) is 6.64. The second-order valence-corrected chi connectivity index (χ2v) is 8.55. The van der Waals surface area contributed by atoms with Crippen LogP contribution in [0.4, 0.5) is 0 Å². The molecule has 29 heavy (non-hydrogen) atoms. The summed E-state index contributed by atoms with van der Waals surface area (Å²) in [6.07, 6.45) is 1.78. The number of nitrogens with zero attached hydrogens (tertiary/aromatic N) is 2. The Bertz CT molecular complexity index is 879. The maximum Gasteiger partial charge on any atom is 0.119 e. The van der Waals surface area contributed by atoms with Gasteiger partial charge in [-0.15, -0.1) is 11.3 Å². The maximum absolute atomic E-state index is 10.5. The van der Waals surface area contributed by atoms with Crippen LogP contribution in [0.15, 0.2) is 48.5 Å². The molecule has 0 spiro atoms. The van der Waals surface area contributed by atoms with Crippen LogP contribution >= 0.6 is 11.3 Å². The number of hydrogen-bond donors (Lipinski definition) is 1. The Morgan fingerprint density at radius 2 is 1.90 bits per heavy atom. The van der Waals surface area contributed by atoms with Gasteiger partial charge in [0.15, 0.2) is 0 Å². The first-order valence-electron chi connectivity index (χ1n) is 10.3. The molecule has 154 valence electrons. The first kappa shape index (κ1) is 20.1. The highest BCUT2D eigenvalue weighted by atomic mass is 32.1. The van der Waals surface area contributed by atoms with Crippen molar-refractivity contribution in [2.75, 3.05) is 32.8 Å². The highest BCUT2D eigenvalue weighted by Crippen LogP contribution is 2.33. The lowest BCUT2D eigenvalue weighted by Gasteiger charge is -2.33. The molecule has 1 aliphatic rings. The third-order valence-electron chi connectivity index (χ3n) is 5.21. The van der Waals surface area contributed by atoms with E-state index in [0.717, 1.165) is 42.9 Å². The van der Waals surface area contributed by atoms with Crippen LogP contribution in [0.3, 0.4) is 0 Å². The summed E-state index contributed by atoms with van der Waals surface area (Å²) in [7, 11) is 0. The average molecular weight is 413 g/mol. The molecular formula is C23H28N2O3S. The number of fused-ring (bicyclic) bond motifs is 1. The smallest absolute Gasteiger partial charge is 0.119 e. The van der Waals surface area contributed by atoms with Crippen molar-refractivity contribution in [3.8, 4) is 11.5 Å². The zero-order valence-corrected chi connectivity index (χ0v) is 17.6. The number of rotatable bonds is 8. The Morgan fingerprint density at radius 1 is 1.14 bits per heavy atom. The monoisotopic (exact) mass is 412 g/mol. The molecule has 2 aromatic carbocycles. The van der Waals surface area contributed by atoms with Gasteiger partial charge < -0.3 is 14.6 Å². The summed E-state index contributed by atoms with van der Waals surface area (Å²) in [6.45, 7) is 5.48. The van der Waals surface area contributed by atoms with E-state index in [-0.39, 0.29) is 6.61 Å². The fourth-order valence-electron chi connectivity index (χ4n) is 3.83. The summed E-state index contributed by atoms with van der Waals surface area (Å²) >= 11 is 1.80. The van der Waals surface area contributed by atoms with Crippen LogP contribution in [0.5, 0.6) is 11.5 Å². The van der Waals surface area contributed by atoms with Gasteiger partial charge in [0.2, 0.25) is 0 Å². The van der Waals surface area contributed by atoms with Crippen LogP contribution in [0.25, 0.3) is 10.2 Å². The maximum atomic E-state index is 10.5. The van der Waals surface area contributed by atoms with Gasteiger partial charge in [0.1, 0.15) is 24.2 Å². The molecule has 1 N–H and O–H groups in total. The van der Waals surface area contributed by atoms with Crippen LogP contribution < -0.4 is 9.47 Å². The van der Waals surface area contributed by atoms with Crippen molar-refractivity contribution in [3.05, 3.63) is 53.5 Å². The quantitative estimate of drug-likeness (QED) is 0.597. The lowest BCUT2D eigenvalue weighted by molar-refractivity contribution is 0.0583. The van der Waals surface area contributed by atoms with Crippen LogP contribution in [-0.4, -0.2) is 53.9 Å². The third kappa shape index (κ3) is 5.26. The number of aromatic nitrogens is 1. The van der Waals surface area contributed by atoms with Gasteiger partial charge >= 0.3 is 0 Å². The van der Waals surface area contributed by atoms with Gasteiger partial charge in [0.05, 0.1) is 21.8 Å². The molecule has 3 aromatic rings. The van der Waals surface area contributed by atoms with Gasteiger partial charge in [0, 0.05) is 19.0 Å². The van der Waals surface area contributed by atoms with E-state index >= 15 is 0 Å². The molecule has 0 saturated carbocycles. The van der Waals surface area contributed by atoms with E-state index in [0.29, 0.717) is 19.1 Å². The standard InChI is InChI=1S/C23H28N2O3S/c1-2-27-19-9-11-20(12-10-19)28-16-18(26)15-25-13-5-6-17(14-25)23-24-21-7-3-4-8-22(21)29-23/h3-4,7-12,17-18,26H,2,5-6,13-16H2,1H3/t17-,18-/m0/s1. The van der Waals surface area contributed by atoms with E-state index in [2.05, 4.69) is 23.1 Å². The van der Waals surface area contributed by atoms with Crippen molar-refractivity contribution in [3.63, 3.8) is 0 Å². The number of para-hydroxylation sites is 1. The van der Waals surface area contributed by atoms with Crippen molar-refractivity contribution < 1.29 is 14.6 Å². The number of aliphatic hydroxyl groups excluding tert-OH is 1. The average Bonchev–Trinajstić information content (AvgIpc) is 3.18. The van der Waals surface area contributed by atoms with Crippen LogP contribution in [0.1, 0.15) is 30.7 Å². The molecule has 0 unspecified atom stereocenters. The normalized spacial score (nSPS) is 18.6. The van der Waals surface area contributed by atoms with E-state index in [9.17, 15) is 5.11 Å². The molecule has 0 aliphatic carbocycles. The summed E-state index contributed by atoms with van der Waals surface area (Å²) in [4.78, 5) is 7.18. The SMILES string of the molecule is CCOc1ccc(OC[C@@H](O)CN2CCC[C@H](c3nc4ccccc4s3)C2)cc1. The third-order valence-corrected chi connectivity index (χ3v) is 6.41. The number of β-amino-alcohol motifs (C(OH)–C–C–N with tert-alkyl or cyclic N) is 1. The summed E-state index contributed by atoms with van der Waals surface area (Å²) in [5, 5.41) is 11.7. The van der Waals surface area contributed by atoms with Crippen LogP contribution in [-0.2, 0) is 0 Å². The fraction of sp³-hybridized carbons (Fsp3) is 0.435. The van der Waals surface area contributed by atoms with Crippen molar-refractivity contribution in [1.82, 2.24) is 9.88 Å². The Labute approximate surface area is 175 Å². The van der Waals surface area contributed by atoms with Crippen molar-refractivity contribution in [1.29, 1.82) is 0 Å². The molecule has 2 heterocycles. The van der Waals surface area contributed by atoms with Gasteiger partial charge in [0.25, 0.3) is 0 Å². The van der Waals surface area contributed by atoms with E-state index < -0.39 is 6.10 Å². The Balaban J connectivity index is 1.28. The largest absolute Gasteiger partial charge is 0.494 e.